The first kappa shape index (κ1) is 22.1. The molecule has 0 bridgehead atoms. The van der Waals surface area contributed by atoms with Gasteiger partial charge >= 0.3 is 5.97 Å². The van der Waals surface area contributed by atoms with Crippen LogP contribution < -0.4 is 16.2 Å². The van der Waals surface area contributed by atoms with E-state index in [2.05, 4.69) is 22.6 Å². The predicted molar refractivity (Wildman–Crippen MR) is 132 cm³/mol. The molecular formula is C23H23IN4O5. The third kappa shape index (κ3) is 3.07. The fourth-order valence-electron chi connectivity index (χ4n) is 4.79. The van der Waals surface area contributed by atoms with Crippen molar-refractivity contribution in [2.24, 2.45) is 0 Å². The van der Waals surface area contributed by atoms with Crippen molar-refractivity contribution in [3.05, 3.63) is 48.8 Å². The number of likely N-dealkylation sites (N-methyl/N-ethyl adjacent to an activating group) is 1. The molecule has 2 aromatic heterocycles. The SMILES string of the molecule is CC[C@@]1(O)C(=O)OCc2c1cc1n(c2=O)Cc2c-1nc1cc(I)c(N)cc1c2N(C)CCO. The number of rotatable bonds is 4. The molecule has 33 heavy (non-hydrogen) atoms. The smallest absolute Gasteiger partial charge is 0.343 e. The highest BCUT2D eigenvalue weighted by molar-refractivity contribution is 14.1. The van der Waals surface area contributed by atoms with E-state index >= 15 is 0 Å². The van der Waals surface area contributed by atoms with Crippen molar-refractivity contribution in [2.45, 2.75) is 32.1 Å². The number of nitrogens with zero attached hydrogens (tertiary/aromatic N) is 3. The quantitative estimate of drug-likeness (QED) is 0.195. The standard InChI is InChI=1S/C23H23IN4O5/c1-3-23(32)14-7-18-19-12(9-28(18)21(30)13(14)10-33-22(23)31)20(27(2)4-5-29)11-6-16(25)15(24)8-17(11)26-19/h6-8,29,32H,3-5,9-10,25H2,1-2H3/t23-/m0/s1. The summed E-state index contributed by atoms with van der Waals surface area (Å²) in [5, 5.41) is 21.5. The largest absolute Gasteiger partial charge is 0.458 e. The van der Waals surface area contributed by atoms with Crippen molar-refractivity contribution >= 4 is 50.8 Å². The lowest BCUT2D eigenvalue weighted by molar-refractivity contribution is -0.172. The number of pyridine rings is 2. The number of nitrogen functional groups attached to an aromatic ring is 1. The molecule has 0 saturated heterocycles. The minimum atomic E-state index is -1.87. The molecule has 0 amide bonds. The van der Waals surface area contributed by atoms with Crippen molar-refractivity contribution in [1.29, 1.82) is 0 Å². The Balaban J connectivity index is 1.84. The Morgan fingerprint density at radius 3 is 2.76 bits per heavy atom. The number of cyclic esters (lactones) is 1. The fraction of sp³-hybridized carbons (Fsp3) is 0.348. The highest BCUT2D eigenvalue weighted by Crippen LogP contribution is 2.43. The van der Waals surface area contributed by atoms with Gasteiger partial charge in [0.05, 0.1) is 41.3 Å². The predicted octanol–water partition coefficient (Wildman–Crippen LogP) is 1.69. The summed E-state index contributed by atoms with van der Waals surface area (Å²) in [6.07, 6.45) is 0.0850. The van der Waals surface area contributed by atoms with E-state index in [1.807, 2.05) is 24.1 Å². The van der Waals surface area contributed by atoms with Gasteiger partial charge in [-0.25, -0.2) is 9.78 Å². The number of esters is 1. The summed E-state index contributed by atoms with van der Waals surface area (Å²) >= 11 is 2.15. The normalized spacial score (nSPS) is 18.6. The van der Waals surface area contributed by atoms with E-state index in [4.69, 9.17) is 15.5 Å². The van der Waals surface area contributed by atoms with E-state index in [1.54, 1.807) is 17.6 Å². The molecule has 1 aromatic carbocycles. The Morgan fingerprint density at radius 1 is 1.30 bits per heavy atom. The number of benzene rings is 1. The highest BCUT2D eigenvalue weighted by Gasteiger charge is 2.45. The third-order valence-electron chi connectivity index (χ3n) is 6.59. The maximum Gasteiger partial charge on any atom is 0.343 e. The molecule has 0 fully saturated rings. The fourth-order valence-corrected chi connectivity index (χ4v) is 5.25. The summed E-state index contributed by atoms with van der Waals surface area (Å²) < 4.78 is 7.60. The van der Waals surface area contributed by atoms with Crippen LogP contribution in [0.4, 0.5) is 11.4 Å². The van der Waals surface area contributed by atoms with Gasteiger partial charge in [-0.3, -0.25) is 4.79 Å². The second-order valence-electron chi connectivity index (χ2n) is 8.43. The first-order valence-corrected chi connectivity index (χ1v) is 11.7. The number of aliphatic hydroxyl groups is 2. The number of carbonyl (C=O) groups is 1. The molecule has 10 heteroatoms. The lowest BCUT2D eigenvalue weighted by Crippen LogP contribution is -2.44. The summed E-state index contributed by atoms with van der Waals surface area (Å²) in [5.41, 5.74) is 8.72. The molecule has 4 N–H and O–H groups in total. The number of aliphatic hydroxyl groups excluding tert-OH is 1. The molecule has 2 aliphatic heterocycles. The second kappa shape index (κ2) is 7.67. The zero-order valence-electron chi connectivity index (χ0n) is 18.2. The van der Waals surface area contributed by atoms with Gasteiger partial charge in [-0.1, -0.05) is 6.92 Å². The lowest BCUT2D eigenvalue weighted by Gasteiger charge is -2.31. The summed E-state index contributed by atoms with van der Waals surface area (Å²) in [6.45, 7) is 2.12. The number of fused-ring (bicyclic) bond motifs is 5. The van der Waals surface area contributed by atoms with Crippen LogP contribution in [0, 0.1) is 3.57 Å². The lowest BCUT2D eigenvalue weighted by atomic mass is 9.86. The molecule has 0 radical (unpaired) electrons. The third-order valence-corrected chi connectivity index (χ3v) is 7.53. The number of halogens is 1. The minimum absolute atomic E-state index is 0.0425. The van der Waals surface area contributed by atoms with Gasteiger partial charge in [-0.2, -0.15) is 0 Å². The summed E-state index contributed by atoms with van der Waals surface area (Å²) in [5.74, 6) is -0.750. The van der Waals surface area contributed by atoms with Gasteiger partial charge in [0, 0.05) is 39.4 Å². The number of anilines is 2. The zero-order chi connectivity index (χ0) is 23.7. The molecule has 9 nitrogen and oxygen atoms in total. The average molecular weight is 562 g/mol. The van der Waals surface area contributed by atoms with Crippen LogP contribution in [0.5, 0.6) is 0 Å². The van der Waals surface area contributed by atoms with Gasteiger partial charge < -0.3 is 30.2 Å². The van der Waals surface area contributed by atoms with E-state index in [0.29, 0.717) is 29.1 Å². The Kier molecular flexibility index (Phi) is 5.14. The van der Waals surface area contributed by atoms with Crippen LogP contribution in [0.25, 0.3) is 22.3 Å². The number of aromatic nitrogens is 2. The number of nitrogens with two attached hydrogens (primary N) is 1. The van der Waals surface area contributed by atoms with Crippen molar-refractivity contribution < 1.29 is 19.7 Å². The van der Waals surface area contributed by atoms with E-state index in [9.17, 15) is 19.8 Å². The molecule has 4 heterocycles. The van der Waals surface area contributed by atoms with Crippen molar-refractivity contribution in [2.75, 3.05) is 30.8 Å². The highest BCUT2D eigenvalue weighted by atomic mass is 127. The van der Waals surface area contributed by atoms with Gasteiger partial charge in [0.25, 0.3) is 5.56 Å². The van der Waals surface area contributed by atoms with E-state index in [0.717, 1.165) is 20.2 Å². The Labute approximate surface area is 202 Å². The minimum Gasteiger partial charge on any atom is -0.458 e. The summed E-state index contributed by atoms with van der Waals surface area (Å²) in [7, 11) is 1.87. The van der Waals surface area contributed by atoms with Gasteiger partial charge in [0.15, 0.2) is 5.60 Å². The van der Waals surface area contributed by atoms with Crippen LogP contribution in [0.2, 0.25) is 0 Å². The van der Waals surface area contributed by atoms with Crippen LogP contribution in [0.1, 0.15) is 30.0 Å². The maximum atomic E-state index is 13.5. The average Bonchev–Trinajstić information content (AvgIpc) is 3.14. The molecule has 172 valence electrons. The van der Waals surface area contributed by atoms with Crippen molar-refractivity contribution in [3.8, 4) is 11.4 Å². The van der Waals surface area contributed by atoms with Crippen LogP contribution in [0.15, 0.2) is 23.0 Å². The first-order valence-electron chi connectivity index (χ1n) is 10.6. The van der Waals surface area contributed by atoms with E-state index < -0.39 is 11.6 Å². The topological polar surface area (TPSA) is 131 Å². The molecule has 0 spiro atoms. The zero-order valence-corrected chi connectivity index (χ0v) is 20.3. The Morgan fingerprint density at radius 2 is 2.06 bits per heavy atom. The van der Waals surface area contributed by atoms with Crippen LogP contribution in [0.3, 0.4) is 0 Å². The molecule has 2 aliphatic rings. The van der Waals surface area contributed by atoms with E-state index in [-0.39, 0.29) is 42.9 Å². The van der Waals surface area contributed by atoms with E-state index in [1.165, 1.54) is 0 Å². The number of hydrogen-bond acceptors (Lipinski definition) is 8. The monoisotopic (exact) mass is 562 g/mol. The summed E-state index contributed by atoms with van der Waals surface area (Å²) in [4.78, 5) is 32.6. The van der Waals surface area contributed by atoms with Crippen LogP contribution in [-0.4, -0.2) is 45.9 Å². The first-order chi connectivity index (χ1) is 15.7. The number of hydrogen-bond donors (Lipinski definition) is 3. The van der Waals surface area contributed by atoms with Crippen LogP contribution >= 0.6 is 22.6 Å². The van der Waals surface area contributed by atoms with Gasteiger partial charge in [-0.05, 0) is 47.2 Å². The number of carbonyl (C=O) groups excluding carboxylic acids is 1. The van der Waals surface area contributed by atoms with Gasteiger partial charge in [0.1, 0.15) is 6.61 Å². The molecule has 0 saturated carbocycles. The Bertz CT molecular complexity index is 1400. The van der Waals surface area contributed by atoms with Gasteiger partial charge in [0.2, 0.25) is 0 Å². The summed E-state index contributed by atoms with van der Waals surface area (Å²) in [6, 6.07) is 5.46. The molecule has 1 atom stereocenters. The van der Waals surface area contributed by atoms with Crippen molar-refractivity contribution in [1.82, 2.24) is 9.55 Å². The molecule has 5 rings (SSSR count). The molecule has 0 unspecified atom stereocenters. The maximum absolute atomic E-state index is 13.5. The van der Waals surface area contributed by atoms with Gasteiger partial charge in [-0.15, -0.1) is 0 Å². The Hall–Kier alpha value is -2.70. The number of ether oxygens (including phenoxy) is 1. The molecule has 3 aromatic rings. The molecule has 0 aliphatic carbocycles. The van der Waals surface area contributed by atoms with Crippen LogP contribution in [-0.2, 0) is 28.3 Å². The second-order valence-corrected chi connectivity index (χ2v) is 9.59. The van der Waals surface area contributed by atoms with Crippen molar-refractivity contribution in [3.63, 3.8) is 0 Å². The molecular weight excluding hydrogens is 539 g/mol.